The lowest BCUT2D eigenvalue weighted by molar-refractivity contribution is -0.188. The molecule has 0 spiro atoms. The van der Waals surface area contributed by atoms with E-state index in [2.05, 4.69) is 24.7 Å². The van der Waals surface area contributed by atoms with Gasteiger partial charge in [0.1, 0.15) is 12.1 Å². The van der Waals surface area contributed by atoms with Gasteiger partial charge < -0.3 is 4.74 Å². The smallest absolute Gasteiger partial charge is 0.219 e. The maximum atomic E-state index is 7.33. The van der Waals surface area contributed by atoms with Crippen LogP contribution in [0.5, 0.6) is 11.6 Å². The van der Waals surface area contributed by atoms with Gasteiger partial charge in [-0.05, 0) is 56.0 Å². The molecule has 0 amide bonds. The minimum absolute atomic E-state index is 0.556. The molecule has 162 valence electrons. The molecule has 3 rings (SSSR count). The Labute approximate surface area is 189 Å². The highest BCUT2D eigenvalue weighted by Gasteiger charge is 2.06. The third kappa shape index (κ3) is 8.66. The molecular formula is C21H19Cl2N3O5. The van der Waals surface area contributed by atoms with E-state index in [4.69, 9.17) is 38.5 Å². The van der Waals surface area contributed by atoms with Crippen molar-refractivity contribution < 1.29 is 25.0 Å². The van der Waals surface area contributed by atoms with Crippen LogP contribution in [-0.2, 0) is 22.6 Å². The topological polar surface area (TPSA) is 107 Å². The lowest BCUT2D eigenvalue weighted by Crippen LogP contribution is -1.98. The monoisotopic (exact) mass is 463 g/mol. The average Bonchev–Trinajstić information content (AvgIpc) is 2.78. The highest BCUT2D eigenvalue weighted by molar-refractivity contribution is 6.31. The molecule has 8 nitrogen and oxygen atoms in total. The summed E-state index contributed by atoms with van der Waals surface area (Å²) in [6, 6.07) is 11.1. The van der Waals surface area contributed by atoms with Crippen LogP contribution in [-0.4, -0.2) is 25.5 Å². The Morgan fingerprint density at radius 3 is 2.23 bits per heavy atom. The largest absolute Gasteiger partial charge is 0.439 e. The molecule has 1 aromatic carbocycles. The fraction of sp³-hybridized carbons (Fsp3) is 0.190. The summed E-state index contributed by atoms with van der Waals surface area (Å²) in [7, 11) is 0. The van der Waals surface area contributed by atoms with E-state index in [1.165, 1.54) is 12.2 Å². The van der Waals surface area contributed by atoms with Gasteiger partial charge in [-0.25, -0.2) is 15.0 Å². The van der Waals surface area contributed by atoms with Crippen LogP contribution in [0.3, 0.4) is 0 Å². The summed E-state index contributed by atoms with van der Waals surface area (Å²) < 4.78 is 5.69. The summed E-state index contributed by atoms with van der Waals surface area (Å²) in [5, 5.41) is 16.0. The number of aryl methyl sites for hydroxylation is 3. The van der Waals surface area contributed by atoms with Gasteiger partial charge in [0, 0.05) is 17.3 Å². The van der Waals surface area contributed by atoms with E-state index in [1.54, 1.807) is 18.5 Å². The van der Waals surface area contributed by atoms with Gasteiger partial charge in [-0.15, -0.1) is 0 Å². The van der Waals surface area contributed by atoms with Crippen LogP contribution in [0.4, 0.5) is 0 Å². The SMILES string of the molecule is Cc1ncnc(CCCc2ccc(Oc3ccc(Cl)cc3)nc2)c1Cl.OOC#COO. The van der Waals surface area contributed by atoms with E-state index in [9.17, 15) is 0 Å². The molecule has 0 radical (unpaired) electrons. The second-order valence-corrected chi connectivity index (χ2v) is 6.84. The van der Waals surface area contributed by atoms with Gasteiger partial charge in [0.2, 0.25) is 18.1 Å². The molecule has 0 aliphatic rings. The van der Waals surface area contributed by atoms with Crippen LogP contribution in [0.15, 0.2) is 48.9 Å². The molecule has 2 heterocycles. The minimum atomic E-state index is 0.556. The van der Waals surface area contributed by atoms with Crippen molar-refractivity contribution in [3.8, 4) is 23.8 Å². The highest BCUT2D eigenvalue weighted by Crippen LogP contribution is 2.22. The van der Waals surface area contributed by atoms with Crippen molar-refractivity contribution >= 4 is 23.2 Å². The molecule has 0 saturated carbocycles. The Balaban J connectivity index is 0.000000501. The number of nitrogens with zero attached hydrogens (tertiary/aromatic N) is 3. The van der Waals surface area contributed by atoms with Crippen LogP contribution in [0, 0.1) is 19.1 Å². The Morgan fingerprint density at radius 1 is 0.903 bits per heavy atom. The van der Waals surface area contributed by atoms with Crippen molar-refractivity contribution in [3.63, 3.8) is 0 Å². The summed E-state index contributed by atoms with van der Waals surface area (Å²) in [5.74, 6) is 1.26. The van der Waals surface area contributed by atoms with Gasteiger partial charge in [0.15, 0.2) is 0 Å². The van der Waals surface area contributed by atoms with Gasteiger partial charge in [0.05, 0.1) is 16.4 Å². The number of rotatable bonds is 6. The van der Waals surface area contributed by atoms with Crippen LogP contribution in [0.2, 0.25) is 10.0 Å². The number of hydrogen-bond acceptors (Lipinski definition) is 8. The number of benzene rings is 1. The zero-order chi connectivity index (χ0) is 22.5. The van der Waals surface area contributed by atoms with E-state index in [0.29, 0.717) is 21.7 Å². The third-order valence-corrected chi connectivity index (χ3v) is 4.63. The lowest BCUT2D eigenvalue weighted by atomic mass is 10.1. The van der Waals surface area contributed by atoms with Gasteiger partial charge in [-0.2, -0.15) is 10.5 Å². The van der Waals surface area contributed by atoms with Crippen molar-refractivity contribution in [2.75, 3.05) is 0 Å². The van der Waals surface area contributed by atoms with Crippen LogP contribution < -0.4 is 4.74 Å². The summed E-state index contributed by atoms with van der Waals surface area (Å²) in [6.45, 7) is 1.89. The number of ether oxygens (including phenoxy) is 1. The number of hydrogen-bond donors (Lipinski definition) is 2. The second-order valence-electron chi connectivity index (χ2n) is 6.02. The second kappa shape index (κ2) is 13.3. The van der Waals surface area contributed by atoms with Gasteiger partial charge in [0.25, 0.3) is 0 Å². The standard InChI is InChI=1S/C19H17Cl2N3O.C2H2O4/c1-13-19(21)17(24-12-23-13)4-2-3-14-5-10-18(22-11-14)25-16-8-6-15(20)7-9-16;3-5-1-2-6-4/h5-12H,2-4H2,1H3;3-4H. The van der Waals surface area contributed by atoms with Crippen LogP contribution in [0.25, 0.3) is 0 Å². The van der Waals surface area contributed by atoms with E-state index in [0.717, 1.165) is 36.2 Å². The van der Waals surface area contributed by atoms with Gasteiger partial charge in [-0.3, -0.25) is 9.78 Å². The van der Waals surface area contributed by atoms with Crippen LogP contribution >= 0.6 is 23.2 Å². The first kappa shape index (κ1) is 24.2. The van der Waals surface area contributed by atoms with Gasteiger partial charge >= 0.3 is 0 Å². The summed E-state index contributed by atoms with van der Waals surface area (Å²) in [4.78, 5) is 18.9. The van der Waals surface area contributed by atoms with Crippen molar-refractivity contribution in [3.05, 3.63) is 75.9 Å². The first-order valence-corrected chi connectivity index (χ1v) is 9.74. The summed E-state index contributed by atoms with van der Waals surface area (Å²) >= 11 is 12.1. The zero-order valence-electron chi connectivity index (χ0n) is 16.5. The fourth-order valence-electron chi connectivity index (χ4n) is 2.42. The molecule has 0 saturated heterocycles. The normalized spacial score (nSPS) is 9.58. The molecule has 0 aliphatic heterocycles. The zero-order valence-corrected chi connectivity index (χ0v) is 18.0. The lowest BCUT2D eigenvalue weighted by Gasteiger charge is -2.07. The van der Waals surface area contributed by atoms with Crippen molar-refractivity contribution in [1.82, 2.24) is 15.0 Å². The molecule has 31 heavy (non-hydrogen) atoms. The quantitative estimate of drug-likeness (QED) is 0.286. The predicted molar refractivity (Wildman–Crippen MR) is 115 cm³/mol. The fourth-order valence-corrected chi connectivity index (χ4v) is 2.74. The molecule has 0 aliphatic carbocycles. The molecule has 2 N–H and O–H groups in total. The first-order chi connectivity index (χ1) is 15.0. The molecule has 10 heteroatoms. The summed E-state index contributed by atoms with van der Waals surface area (Å²) in [6.07, 6.45) is 9.10. The van der Waals surface area contributed by atoms with E-state index < -0.39 is 0 Å². The average molecular weight is 464 g/mol. The Kier molecular flexibility index (Phi) is 10.3. The minimum Gasteiger partial charge on any atom is -0.439 e. The first-order valence-electron chi connectivity index (χ1n) is 8.98. The Morgan fingerprint density at radius 2 is 1.61 bits per heavy atom. The number of halogens is 2. The van der Waals surface area contributed by atoms with Crippen LogP contribution in [0.1, 0.15) is 23.4 Å². The van der Waals surface area contributed by atoms with E-state index in [1.807, 2.05) is 37.4 Å². The maximum Gasteiger partial charge on any atom is 0.219 e. The van der Waals surface area contributed by atoms with E-state index >= 15 is 0 Å². The molecular weight excluding hydrogens is 445 g/mol. The highest BCUT2D eigenvalue weighted by atomic mass is 35.5. The molecule has 2 aromatic heterocycles. The van der Waals surface area contributed by atoms with Crippen molar-refractivity contribution in [1.29, 1.82) is 0 Å². The van der Waals surface area contributed by atoms with Gasteiger partial charge in [-0.1, -0.05) is 29.3 Å². The van der Waals surface area contributed by atoms with Crippen molar-refractivity contribution in [2.24, 2.45) is 0 Å². The summed E-state index contributed by atoms with van der Waals surface area (Å²) in [5.41, 5.74) is 2.85. The number of pyridine rings is 1. The van der Waals surface area contributed by atoms with E-state index in [-0.39, 0.29) is 0 Å². The maximum absolute atomic E-state index is 7.33. The molecule has 3 aromatic rings. The molecule has 0 fully saturated rings. The molecule has 0 atom stereocenters. The predicted octanol–water partition coefficient (Wildman–Crippen LogP) is 5.34. The molecule has 0 unspecified atom stereocenters. The molecule has 0 bridgehead atoms. The van der Waals surface area contributed by atoms with Crippen molar-refractivity contribution in [2.45, 2.75) is 26.2 Å². The Bertz CT molecular complexity index is 998. The Hall–Kier alpha value is -3.09. The third-order valence-electron chi connectivity index (χ3n) is 3.88. The number of aromatic nitrogens is 3.